The second kappa shape index (κ2) is 6.24. The number of carbonyl (C=O) groups is 1. The molecule has 3 nitrogen and oxygen atoms in total. The van der Waals surface area contributed by atoms with Gasteiger partial charge >= 0.3 is 5.97 Å². The highest BCUT2D eigenvalue weighted by Gasteiger charge is 2.40. The van der Waals surface area contributed by atoms with E-state index >= 15 is 0 Å². The summed E-state index contributed by atoms with van der Waals surface area (Å²) in [5, 5.41) is 9.21. The average molecular weight is 298 g/mol. The molecule has 1 aromatic rings. The molecule has 0 aromatic heterocycles. The smallest absolute Gasteiger partial charge is 0.335 e. The SMILES string of the molecule is CF.Cc1ccc2c(c1C)OC(C(C)(C)F)C(C(=O)O)=C2. The summed E-state index contributed by atoms with van der Waals surface area (Å²) < 4.78 is 29.3. The van der Waals surface area contributed by atoms with Crippen LogP contribution in [-0.2, 0) is 4.79 Å². The molecule has 0 saturated heterocycles. The third kappa shape index (κ3) is 3.40. The van der Waals surface area contributed by atoms with Crippen molar-refractivity contribution in [3.8, 4) is 5.75 Å². The van der Waals surface area contributed by atoms with Crippen molar-refractivity contribution in [3.63, 3.8) is 0 Å². The minimum atomic E-state index is -1.77. The van der Waals surface area contributed by atoms with Crippen molar-refractivity contribution in [1.29, 1.82) is 0 Å². The Morgan fingerprint density at radius 2 is 1.86 bits per heavy atom. The van der Waals surface area contributed by atoms with E-state index in [0.717, 1.165) is 11.1 Å². The number of carboxylic acid groups (broad SMARTS) is 1. The number of alkyl halides is 2. The fraction of sp³-hybridized carbons (Fsp3) is 0.438. The van der Waals surface area contributed by atoms with Crippen LogP contribution in [0.15, 0.2) is 17.7 Å². The lowest BCUT2D eigenvalue weighted by Crippen LogP contribution is -2.42. The molecule has 21 heavy (non-hydrogen) atoms. The van der Waals surface area contributed by atoms with Gasteiger partial charge in [-0.25, -0.2) is 9.18 Å². The predicted molar refractivity (Wildman–Crippen MR) is 78.2 cm³/mol. The van der Waals surface area contributed by atoms with Crippen molar-refractivity contribution < 1.29 is 23.4 Å². The number of hydrogen-bond acceptors (Lipinski definition) is 2. The standard InChI is InChI=1S/C15H17FO3.CH3F/c1-8-5-6-10-7-11(14(17)18)13(15(3,4)16)19-12(10)9(8)2;1-2/h5-7,13H,1-4H3,(H,17,18);1H3. The largest absolute Gasteiger partial charge is 0.481 e. The summed E-state index contributed by atoms with van der Waals surface area (Å²) in [5.74, 6) is -0.583. The lowest BCUT2D eigenvalue weighted by atomic mass is 9.90. The van der Waals surface area contributed by atoms with Gasteiger partial charge in [-0.1, -0.05) is 12.1 Å². The molecule has 2 rings (SSSR count). The van der Waals surface area contributed by atoms with Gasteiger partial charge in [0.05, 0.1) is 12.8 Å². The second-order valence-electron chi connectivity index (χ2n) is 5.39. The van der Waals surface area contributed by atoms with Gasteiger partial charge in [0.15, 0.2) is 6.10 Å². The molecule has 5 heteroatoms. The average Bonchev–Trinajstić information content (AvgIpc) is 2.43. The van der Waals surface area contributed by atoms with E-state index in [2.05, 4.69) is 0 Å². The molecule has 1 aliphatic heterocycles. The van der Waals surface area contributed by atoms with Crippen molar-refractivity contribution in [2.75, 3.05) is 7.18 Å². The number of carboxylic acids is 1. The van der Waals surface area contributed by atoms with Gasteiger partial charge in [-0.3, -0.25) is 4.39 Å². The summed E-state index contributed by atoms with van der Waals surface area (Å²) in [4.78, 5) is 11.3. The van der Waals surface area contributed by atoms with E-state index < -0.39 is 17.7 Å². The van der Waals surface area contributed by atoms with E-state index in [1.165, 1.54) is 19.9 Å². The number of ether oxygens (including phenoxy) is 1. The van der Waals surface area contributed by atoms with Crippen LogP contribution in [0.4, 0.5) is 8.78 Å². The lowest BCUT2D eigenvalue weighted by Gasteiger charge is -2.33. The molecule has 1 atom stereocenters. The predicted octanol–water partition coefficient (Wildman–Crippen LogP) is 3.87. The molecule has 1 heterocycles. The molecule has 1 unspecified atom stereocenters. The molecular weight excluding hydrogens is 278 g/mol. The van der Waals surface area contributed by atoms with Gasteiger partial charge in [0, 0.05) is 5.56 Å². The van der Waals surface area contributed by atoms with Crippen LogP contribution >= 0.6 is 0 Å². The maximum absolute atomic E-state index is 14.2. The van der Waals surface area contributed by atoms with E-state index in [1.807, 2.05) is 19.9 Å². The molecule has 0 spiro atoms. The zero-order valence-corrected chi connectivity index (χ0v) is 12.8. The van der Waals surface area contributed by atoms with E-state index in [4.69, 9.17) is 4.74 Å². The Morgan fingerprint density at radius 1 is 1.29 bits per heavy atom. The Morgan fingerprint density at radius 3 is 2.33 bits per heavy atom. The van der Waals surface area contributed by atoms with Crippen LogP contribution in [-0.4, -0.2) is 30.0 Å². The fourth-order valence-electron chi connectivity index (χ4n) is 2.19. The Hall–Kier alpha value is -1.91. The highest BCUT2D eigenvalue weighted by molar-refractivity contribution is 5.95. The third-order valence-electron chi connectivity index (χ3n) is 3.41. The number of benzene rings is 1. The van der Waals surface area contributed by atoms with Crippen LogP contribution in [0.5, 0.6) is 5.75 Å². The van der Waals surface area contributed by atoms with Gasteiger partial charge < -0.3 is 9.84 Å². The minimum Gasteiger partial charge on any atom is -0.481 e. The van der Waals surface area contributed by atoms with E-state index in [9.17, 15) is 18.7 Å². The van der Waals surface area contributed by atoms with Crippen LogP contribution in [0.2, 0.25) is 0 Å². The quantitative estimate of drug-likeness (QED) is 0.901. The van der Waals surface area contributed by atoms with Crippen LogP contribution < -0.4 is 4.74 Å². The summed E-state index contributed by atoms with van der Waals surface area (Å²) in [5.41, 5.74) is 0.802. The molecule has 0 aliphatic carbocycles. The second-order valence-corrected chi connectivity index (χ2v) is 5.39. The molecule has 1 aromatic carbocycles. The molecule has 0 saturated carbocycles. The monoisotopic (exact) mass is 298 g/mol. The van der Waals surface area contributed by atoms with Gasteiger partial charge in [-0.15, -0.1) is 0 Å². The number of aryl methyl sites for hydroxylation is 1. The van der Waals surface area contributed by atoms with Crippen LogP contribution in [0.25, 0.3) is 6.08 Å². The van der Waals surface area contributed by atoms with E-state index in [0.29, 0.717) is 18.5 Å². The topological polar surface area (TPSA) is 46.5 Å². The van der Waals surface area contributed by atoms with Gasteiger partial charge in [0.1, 0.15) is 11.4 Å². The van der Waals surface area contributed by atoms with Gasteiger partial charge in [-0.05, 0) is 44.9 Å². The van der Waals surface area contributed by atoms with Crippen LogP contribution in [0.1, 0.15) is 30.5 Å². The highest BCUT2D eigenvalue weighted by atomic mass is 19.1. The van der Waals surface area contributed by atoms with E-state index in [1.54, 1.807) is 6.07 Å². The van der Waals surface area contributed by atoms with Crippen molar-refractivity contribution in [2.24, 2.45) is 0 Å². The van der Waals surface area contributed by atoms with Crippen molar-refractivity contribution >= 4 is 12.0 Å². The number of halogens is 2. The summed E-state index contributed by atoms with van der Waals surface area (Å²) in [7, 11) is 0.500. The van der Waals surface area contributed by atoms with Crippen molar-refractivity contribution in [2.45, 2.75) is 39.5 Å². The molecular formula is C16H20F2O3. The normalized spacial score (nSPS) is 16.9. The first-order valence-corrected chi connectivity index (χ1v) is 6.50. The first-order valence-electron chi connectivity index (χ1n) is 6.50. The molecule has 1 N–H and O–H groups in total. The summed E-state index contributed by atoms with van der Waals surface area (Å²) in [6, 6.07) is 3.69. The summed E-state index contributed by atoms with van der Waals surface area (Å²) in [6.45, 7) is 6.47. The van der Waals surface area contributed by atoms with Gasteiger partial charge in [0.25, 0.3) is 0 Å². The van der Waals surface area contributed by atoms with E-state index in [-0.39, 0.29) is 5.57 Å². The fourth-order valence-corrected chi connectivity index (χ4v) is 2.19. The molecule has 0 radical (unpaired) electrons. The van der Waals surface area contributed by atoms with Gasteiger partial charge in [0.2, 0.25) is 0 Å². The zero-order valence-electron chi connectivity index (χ0n) is 12.8. The number of hydrogen-bond donors (Lipinski definition) is 1. The number of fused-ring (bicyclic) bond motifs is 1. The first kappa shape index (κ1) is 17.1. The molecule has 0 bridgehead atoms. The molecule has 0 fully saturated rings. The van der Waals surface area contributed by atoms with Crippen LogP contribution in [0.3, 0.4) is 0 Å². The van der Waals surface area contributed by atoms with Crippen molar-refractivity contribution in [1.82, 2.24) is 0 Å². The molecule has 1 aliphatic rings. The lowest BCUT2D eigenvalue weighted by molar-refractivity contribution is -0.134. The third-order valence-corrected chi connectivity index (χ3v) is 3.41. The molecule has 0 amide bonds. The Labute approximate surface area is 123 Å². The van der Waals surface area contributed by atoms with Crippen molar-refractivity contribution in [3.05, 3.63) is 34.4 Å². The Balaban J connectivity index is 0.00000106. The van der Waals surface area contributed by atoms with Crippen LogP contribution in [0, 0.1) is 13.8 Å². The number of rotatable bonds is 2. The Bertz CT molecular complexity index is 572. The minimum absolute atomic E-state index is 0.0525. The van der Waals surface area contributed by atoms with Gasteiger partial charge in [-0.2, -0.15) is 0 Å². The summed E-state index contributed by atoms with van der Waals surface area (Å²) in [6.07, 6.45) is 0.401. The first-order chi connectivity index (χ1) is 9.71. The zero-order chi connectivity index (χ0) is 16.4. The highest BCUT2D eigenvalue weighted by Crippen LogP contribution is 2.38. The maximum atomic E-state index is 14.2. The Kier molecular flexibility index (Phi) is 5.10. The maximum Gasteiger partial charge on any atom is 0.335 e. The molecule has 116 valence electrons. The summed E-state index contributed by atoms with van der Waals surface area (Å²) >= 11 is 0. The number of aliphatic carboxylic acids is 1.